The molecule has 1 N–H and O–H groups in total. The molecule has 5 heterocycles. The number of rotatable bonds is 3. The van der Waals surface area contributed by atoms with Gasteiger partial charge in [0, 0.05) is 30.2 Å². The summed E-state index contributed by atoms with van der Waals surface area (Å²) in [5.74, 6) is 0.638. The Morgan fingerprint density at radius 1 is 1.36 bits per heavy atom. The van der Waals surface area contributed by atoms with Crippen molar-refractivity contribution in [3.05, 3.63) is 29.8 Å². The highest BCUT2D eigenvalue weighted by atomic mass is 16.3. The molecule has 2 aromatic heterocycles. The van der Waals surface area contributed by atoms with E-state index in [1.165, 1.54) is 0 Å². The first-order valence-electron chi connectivity index (χ1n) is 7.61. The van der Waals surface area contributed by atoms with Crippen molar-refractivity contribution >= 4 is 23.2 Å². The molecule has 0 aliphatic carbocycles. The molecule has 6 heteroatoms. The summed E-state index contributed by atoms with van der Waals surface area (Å²) >= 11 is 0. The number of hydrogen-bond acceptors (Lipinski definition) is 5. The number of piperidine rings is 3. The van der Waals surface area contributed by atoms with Gasteiger partial charge in [-0.15, -0.1) is 0 Å². The maximum Gasteiger partial charge on any atom is 0.270 e. The predicted molar refractivity (Wildman–Crippen MR) is 79.8 cm³/mol. The van der Waals surface area contributed by atoms with Crippen LogP contribution in [0.4, 0.5) is 0 Å². The lowest BCUT2D eigenvalue weighted by atomic mass is 9.84. The van der Waals surface area contributed by atoms with Crippen LogP contribution < -0.4 is 5.32 Å². The van der Waals surface area contributed by atoms with E-state index in [4.69, 9.17) is 4.42 Å². The summed E-state index contributed by atoms with van der Waals surface area (Å²) in [6.07, 6.45) is 4.51. The van der Waals surface area contributed by atoms with Gasteiger partial charge in [0.25, 0.3) is 5.91 Å². The lowest BCUT2D eigenvalue weighted by Crippen LogP contribution is -2.57. The van der Waals surface area contributed by atoms with Crippen LogP contribution in [-0.2, 0) is 0 Å². The molecule has 0 radical (unpaired) electrons. The summed E-state index contributed by atoms with van der Waals surface area (Å²) in [6.45, 7) is 3.21. The number of fused-ring (bicyclic) bond motifs is 4. The molecule has 2 aromatic rings. The van der Waals surface area contributed by atoms with Crippen LogP contribution in [-0.4, -0.2) is 47.8 Å². The van der Waals surface area contributed by atoms with Crippen molar-refractivity contribution < 1.29 is 14.0 Å². The minimum Gasteiger partial charge on any atom is -0.453 e. The van der Waals surface area contributed by atoms with E-state index in [9.17, 15) is 9.59 Å². The van der Waals surface area contributed by atoms with Gasteiger partial charge in [-0.25, -0.2) is 0 Å². The maximum absolute atomic E-state index is 12.4. The second-order valence-electron chi connectivity index (χ2n) is 6.09. The third kappa shape index (κ3) is 2.29. The van der Waals surface area contributed by atoms with Crippen molar-refractivity contribution in [3.8, 4) is 0 Å². The summed E-state index contributed by atoms with van der Waals surface area (Å²) in [5.41, 5.74) is 0.840. The van der Waals surface area contributed by atoms with Crippen molar-refractivity contribution in [1.29, 1.82) is 0 Å². The van der Waals surface area contributed by atoms with Gasteiger partial charge in [0.05, 0.1) is 0 Å². The monoisotopic (exact) mass is 299 g/mol. The van der Waals surface area contributed by atoms with Gasteiger partial charge in [-0.3, -0.25) is 14.6 Å². The molecule has 3 saturated heterocycles. The zero-order valence-corrected chi connectivity index (χ0v) is 12.1. The van der Waals surface area contributed by atoms with Gasteiger partial charge < -0.3 is 14.6 Å². The van der Waals surface area contributed by atoms with Crippen LogP contribution in [0.5, 0.6) is 0 Å². The Labute approximate surface area is 127 Å². The Bertz CT molecular complexity index is 731. The molecule has 2 bridgehead atoms. The molecule has 1 atom stereocenters. The SMILES string of the molecule is O=Cc1cc2cnc(C(=O)N[C@H]3CN4CCC3CC4)cc2o1. The molecule has 114 valence electrons. The van der Waals surface area contributed by atoms with E-state index in [0.717, 1.165) is 37.9 Å². The highest BCUT2D eigenvalue weighted by Gasteiger charge is 2.35. The van der Waals surface area contributed by atoms with Crippen LogP contribution in [0.25, 0.3) is 11.0 Å². The quantitative estimate of drug-likeness (QED) is 0.869. The number of aromatic nitrogens is 1. The Hall–Kier alpha value is -2.21. The number of nitrogens with one attached hydrogen (secondary N) is 1. The highest BCUT2D eigenvalue weighted by molar-refractivity contribution is 5.96. The van der Waals surface area contributed by atoms with E-state index >= 15 is 0 Å². The lowest BCUT2D eigenvalue weighted by Gasteiger charge is -2.44. The zero-order valence-electron chi connectivity index (χ0n) is 12.1. The fourth-order valence-electron chi connectivity index (χ4n) is 3.51. The number of nitrogens with zero attached hydrogens (tertiary/aromatic N) is 2. The van der Waals surface area contributed by atoms with E-state index in [1.807, 2.05) is 0 Å². The first kappa shape index (κ1) is 13.5. The van der Waals surface area contributed by atoms with Crippen LogP contribution >= 0.6 is 0 Å². The fourth-order valence-corrected chi connectivity index (χ4v) is 3.51. The number of carbonyl (C=O) groups is 2. The highest BCUT2D eigenvalue weighted by Crippen LogP contribution is 2.27. The first-order valence-corrected chi connectivity index (χ1v) is 7.61. The van der Waals surface area contributed by atoms with Crippen molar-refractivity contribution in [2.45, 2.75) is 18.9 Å². The molecule has 22 heavy (non-hydrogen) atoms. The van der Waals surface area contributed by atoms with Crippen LogP contribution in [0.2, 0.25) is 0 Å². The summed E-state index contributed by atoms with van der Waals surface area (Å²) in [6, 6.07) is 3.42. The van der Waals surface area contributed by atoms with Gasteiger partial charge in [0.2, 0.25) is 0 Å². The van der Waals surface area contributed by atoms with Gasteiger partial charge in [-0.05, 0) is 37.9 Å². The van der Waals surface area contributed by atoms with Gasteiger partial charge in [0.1, 0.15) is 11.3 Å². The molecule has 6 nitrogen and oxygen atoms in total. The van der Waals surface area contributed by atoms with Crippen LogP contribution in [0.1, 0.15) is 33.9 Å². The molecule has 5 rings (SSSR count). The summed E-state index contributed by atoms with van der Waals surface area (Å²) < 4.78 is 5.35. The number of aldehydes is 1. The molecule has 3 aliphatic rings. The lowest BCUT2D eigenvalue weighted by molar-refractivity contribution is 0.0618. The number of pyridine rings is 1. The first-order chi connectivity index (χ1) is 10.7. The number of furan rings is 1. The third-order valence-corrected chi connectivity index (χ3v) is 4.74. The molecule has 0 spiro atoms. The van der Waals surface area contributed by atoms with Crippen molar-refractivity contribution in [2.75, 3.05) is 19.6 Å². The summed E-state index contributed by atoms with van der Waals surface area (Å²) in [4.78, 5) is 29.7. The smallest absolute Gasteiger partial charge is 0.270 e. The second-order valence-corrected chi connectivity index (χ2v) is 6.09. The summed E-state index contributed by atoms with van der Waals surface area (Å²) in [5, 5.41) is 3.82. The second kappa shape index (κ2) is 5.21. The Morgan fingerprint density at radius 2 is 2.18 bits per heavy atom. The van der Waals surface area contributed by atoms with Crippen molar-refractivity contribution in [3.63, 3.8) is 0 Å². The minimum atomic E-state index is -0.176. The Kier molecular flexibility index (Phi) is 3.18. The molecule has 0 saturated carbocycles. The molecule has 3 aliphatic heterocycles. The molecule has 0 aromatic carbocycles. The average molecular weight is 299 g/mol. The third-order valence-electron chi connectivity index (χ3n) is 4.74. The van der Waals surface area contributed by atoms with E-state index in [2.05, 4.69) is 15.2 Å². The normalized spacial score (nSPS) is 27.0. The number of carbonyl (C=O) groups excluding carboxylic acids is 2. The van der Waals surface area contributed by atoms with Gasteiger partial charge in [0.15, 0.2) is 12.0 Å². The zero-order chi connectivity index (χ0) is 15.1. The van der Waals surface area contributed by atoms with Crippen molar-refractivity contribution in [2.24, 2.45) is 5.92 Å². The standard InChI is InChI=1S/C16H17N3O3/c20-9-12-5-11-7-17-13(6-15(11)22-12)16(21)18-14-8-19-3-1-10(14)2-4-19/h5-7,9-10,14H,1-4,8H2,(H,18,21)/t14-/m0/s1. The molecule has 0 unspecified atom stereocenters. The largest absolute Gasteiger partial charge is 0.453 e. The maximum atomic E-state index is 12.4. The molecule has 3 fully saturated rings. The van der Waals surface area contributed by atoms with Crippen LogP contribution in [0, 0.1) is 5.92 Å². The number of amides is 1. The van der Waals surface area contributed by atoms with Crippen molar-refractivity contribution in [1.82, 2.24) is 15.2 Å². The number of hydrogen-bond donors (Lipinski definition) is 1. The van der Waals surface area contributed by atoms with Crippen LogP contribution in [0.3, 0.4) is 0 Å². The van der Waals surface area contributed by atoms with Gasteiger partial charge in [-0.1, -0.05) is 0 Å². The predicted octanol–water partition coefficient (Wildman–Crippen LogP) is 1.46. The van der Waals surface area contributed by atoms with Gasteiger partial charge >= 0.3 is 0 Å². The fraction of sp³-hybridized carbons (Fsp3) is 0.438. The molecular formula is C16H17N3O3. The van der Waals surface area contributed by atoms with E-state index < -0.39 is 0 Å². The van der Waals surface area contributed by atoms with E-state index in [-0.39, 0.29) is 17.7 Å². The Balaban J connectivity index is 1.53. The molecular weight excluding hydrogens is 282 g/mol. The Morgan fingerprint density at radius 3 is 2.86 bits per heavy atom. The summed E-state index contributed by atoms with van der Waals surface area (Å²) in [7, 11) is 0. The van der Waals surface area contributed by atoms with E-state index in [0.29, 0.717) is 23.5 Å². The van der Waals surface area contributed by atoms with Crippen LogP contribution in [0.15, 0.2) is 22.7 Å². The topological polar surface area (TPSA) is 75.4 Å². The minimum absolute atomic E-state index is 0.176. The molecule has 1 amide bonds. The average Bonchev–Trinajstić information content (AvgIpc) is 2.98. The van der Waals surface area contributed by atoms with E-state index in [1.54, 1.807) is 18.3 Å². The van der Waals surface area contributed by atoms with Gasteiger partial charge in [-0.2, -0.15) is 0 Å².